The predicted octanol–water partition coefficient (Wildman–Crippen LogP) is 2.25. The Hall–Kier alpha value is -1.84. The summed E-state index contributed by atoms with van der Waals surface area (Å²) in [6.45, 7) is 3.98. The van der Waals surface area contributed by atoms with E-state index < -0.39 is 0 Å². The maximum atomic E-state index is 11.8. The van der Waals surface area contributed by atoms with Gasteiger partial charge in [0.1, 0.15) is 11.7 Å². The van der Waals surface area contributed by atoms with Crippen LogP contribution in [0.2, 0.25) is 0 Å². The molecule has 0 amide bonds. The Morgan fingerprint density at radius 2 is 2.18 bits per heavy atom. The summed E-state index contributed by atoms with van der Waals surface area (Å²) in [7, 11) is 1.41. The zero-order chi connectivity index (χ0) is 12.4. The summed E-state index contributed by atoms with van der Waals surface area (Å²) in [6, 6.07) is 5.83. The Kier molecular flexibility index (Phi) is 3.13. The molecule has 2 heterocycles. The molecule has 1 atom stereocenters. The molecule has 0 fully saturated rings. The molecule has 4 nitrogen and oxygen atoms in total. The van der Waals surface area contributed by atoms with Crippen molar-refractivity contribution in [3.05, 3.63) is 36.4 Å². The van der Waals surface area contributed by atoms with Gasteiger partial charge in [0.05, 0.1) is 18.8 Å². The molecule has 0 saturated heterocycles. The van der Waals surface area contributed by atoms with Crippen molar-refractivity contribution < 1.29 is 9.53 Å². The summed E-state index contributed by atoms with van der Waals surface area (Å²) in [5.74, 6) is 0.317. The molecule has 2 aromatic heterocycles. The lowest BCUT2D eigenvalue weighted by Crippen LogP contribution is -2.22. The van der Waals surface area contributed by atoms with Crippen LogP contribution in [-0.2, 0) is 9.53 Å². The van der Waals surface area contributed by atoms with Crippen molar-refractivity contribution in [2.45, 2.75) is 19.8 Å². The van der Waals surface area contributed by atoms with Gasteiger partial charge in [0.25, 0.3) is 0 Å². The van der Waals surface area contributed by atoms with Crippen molar-refractivity contribution in [1.82, 2.24) is 9.38 Å². The van der Waals surface area contributed by atoms with E-state index in [0.29, 0.717) is 0 Å². The van der Waals surface area contributed by atoms with Crippen LogP contribution in [-0.4, -0.2) is 22.5 Å². The molecule has 0 radical (unpaired) electrons. The van der Waals surface area contributed by atoms with Crippen molar-refractivity contribution in [2.24, 2.45) is 5.92 Å². The molecule has 0 aliphatic heterocycles. The van der Waals surface area contributed by atoms with Crippen LogP contribution in [0.15, 0.2) is 30.6 Å². The van der Waals surface area contributed by atoms with Crippen molar-refractivity contribution >= 4 is 11.5 Å². The number of hydrogen-bond donors (Lipinski definition) is 0. The van der Waals surface area contributed by atoms with Crippen LogP contribution in [0.5, 0.6) is 0 Å². The quantitative estimate of drug-likeness (QED) is 0.762. The van der Waals surface area contributed by atoms with Gasteiger partial charge in [-0.2, -0.15) is 0 Å². The van der Waals surface area contributed by atoms with E-state index in [2.05, 4.69) is 4.98 Å². The predicted molar refractivity (Wildman–Crippen MR) is 64.8 cm³/mol. The Morgan fingerprint density at radius 1 is 1.41 bits per heavy atom. The lowest BCUT2D eigenvalue weighted by atomic mass is 9.95. The highest BCUT2D eigenvalue weighted by Gasteiger charge is 2.28. The Bertz CT molecular complexity index is 531. The summed E-state index contributed by atoms with van der Waals surface area (Å²) in [6.07, 6.45) is 3.68. The molecule has 0 saturated carbocycles. The number of ether oxygens (including phenoxy) is 1. The SMILES string of the molecule is COC(=O)C(c1ncc2ccccn12)C(C)C. The van der Waals surface area contributed by atoms with E-state index in [-0.39, 0.29) is 17.8 Å². The van der Waals surface area contributed by atoms with E-state index in [1.807, 2.05) is 42.6 Å². The van der Waals surface area contributed by atoms with Gasteiger partial charge in [0.15, 0.2) is 0 Å². The fourth-order valence-electron chi connectivity index (χ4n) is 2.00. The van der Waals surface area contributed by atoms with Gasteiger partial charge in [0.2, 0.25) is 0 Å². The largest absolute Gasteiger partial charge is 0.468 e. The first-order valence-electron chi connectivity index (χ1n) is 5.65. The maximum absolute atomic E-state index is 11.8. The molecule has 1 unspecified atom stereocenters. The first-order valence-corrected chi connectivity index (χ1v) is 5.65. The normalized spacial score (nSPS) is 12.9. The van der Waals surface area contributed by atoms with Gasteiger partial charge in [-0.1, -0.05) is 19.9 Å². The van der Waals surface area contributed by atoms with Crippen LogP contribution in [0, 0.1) is 5.92 Å². The number of carbonyl (C=O) groups is 1. The van der Waals surface area contributed by atoms with Crippen LogP contribution in [0.1, 0.15) is 25.6 Å². The number of aromatic nitrogens is 2. The molecule has 0 spiro atoms. The number of esters is 1. The minimum atomic E-state index is -0.329. The number of imidazole rings is 1. The minimum absolute atomic E-state index is 0.147. The van der Waals surface area contributed by atoms with Crippen molar-refractivity contribution in [2.75, 3.05) is 7.11 Å². The Balaban J connectivity index is 2.53. The third-order valence-corrected chi connectivity index (χ3v) is 2.87. The highest BCUT2D eigenvalue weighted by Crippen LogP contribution is 2.25. The van der Waals surface area contributed by atoms with Crippen LogP contribution < -0.4 is 0 Å². The number of pyridine rings is 1. The summed E-state index contributed by atoms with van der Waals surface area (Å²) < 4.78 is 6.79. The average molecular weight is 232 g/mol. The van der Waals surface area contributed by atoms with Gasteiger partial charge >= 0.3 is 5.97 Å². The van der Waals surface area contributed by atoms with Gasteiger partial charge in [0, 0.05) is 6.20 Å². The zero-order valence-corrected chi connectivity index (χ0v) is 10.3. The molecular formula is C13H16N2O2. The molecule has 0 aliphatic rings. The molecule has 2 rings (SSSR count). The highest BCUT2D eigenvalue weighted by atomic mass is 16.5. The molecular weight excluding hydrogens is 216 g/mol. The van der Waals surface area contributed by atoms with Crippen LogP contribution in [0.25, 0.3) is 5.52 Å². The van der Waals surface area contributed by atoms with Crippen molar-refractivity contribution in [3.8, 4) is 0 Å². The third kappa shape index (κ3) is 2.02. The molecule has 0 N–H and O–H groups in total. The first-order chi connectivity index (χ1) is 8.15. The van der Waals surface area contributed by atoms with Gasteiger partial charge in [-0.05, 0) is 18.1 Å². The summed E-state index contributed by atoms with van der Waals surface area (Å²) >= 11 is 0. The first kappa shape index (κ1) is 11.6. The second-order valence-corrected chi connectivity index (χ2v) is 4.36. The molecule has 90 valence electrons. The molecule has 0 aliphatic carbocycles. The number of nitrogens with zero attached hydrogens (tertiary/aromatic N) is 2. The second kappa shape index (κ2) is 4.57. The fraction of sp³-hybridized carbons (Fsp3) is 0.385. The van der Waals surface area contributed by atoms with E-state index in [1.54, 1.807) is 6.20 Å². The van der Waals surface area contributed by atoms with Crippen molar-refractivity contribution in [3.63, 3.8) is 0 Å². The van der Waals surface area contributed by atoms with Gasteiger partial charge < -0.3 is 9.14 Å². The van der Waals surface area contributed by atoms with E-state index >= 15 is 0 Å². The van der Waals surface area contributed by atoms with Crippen LogP contribution >= 0.6 is 0 Å². The summed E-state index contributed by atoms with van der Waals surface area (Å²) in [5.41, 5.74) is 0.983. The van der Waals surface area contributed by atoms with E-state index in [0.717, 1.165) is 11.3 Å². The van der Waals surface area contributed by atoms with Gasteiger partial charge in [-0.25, -0.2) is 4.98 Å². The van der Waals surface area contributed by atoms with Crippen LogP contribution in [0.3, 0.4) is 0 Å². The van der Waals surface area contributed by atoms with E-state index in [9.17, 15) is 4.79 Å². The lowest BCUT2D eigenvalue weighted by Gasteiger charge is -2.17. The molecule has 0 aromatic carbocycles. The monoisotopic (exact) mass is 232 g/mol. The van der Waals surface area contributed by atoms with Crippen LogP contribution in [0.4, 0.5) is 0 Å². The number of hydrogen-bond acceptors (Lipinski definition) is 3. The minimum Gasteiger partial charge on any atom is -0.468 e. The standard InChI is InChI=1S/C13H16N2O2/c1-9(2)11(13(16)17-3)12-14-8-10-6-4-5-7-15(10)12/h4-9,11H,1-3H3. The number of rotatable bonds is 3. The topological polar surface area (TPSA) is 43.6 Å². The maximum Gasteiger partial charge on any atom is 0.316 e. The lowest BCUT2D eigenvalue weighted by molar-refractivity contribution is -0.143. The molecule has 17 heavy (non-hydrogen) atoms. The number of carbonyl (C=O) groups excluding carboxylic acids is 1. The third-order valence-electron chi connectivity index (χ3n) is 2.87. The number of fused-ring (bicyclic) bond motifs is 1. The smallest absolute Gasteiger partial charge is 0.316 e. The van der Waals surface area contributed by atoms with Crippen molar-refractivity contribution in [1.29, 1.82) is 0 Å². The molecule has 0 bridgehead atoms. The summed E-state index contributed by atoms with van der Waals surface area (Å²) in [4.78, 5) is 16.2. The zero-order valence-electron chi connectivity index (χ0n) is 10.3. The summed E-state index contributed by atoms with van der Waals surface area (Å²) in [5, 5.41) is 0. The Labute approximate surface area is 100 Å². The van der Waals surface area contributed by atoms with E-state index in [4.69, 9.17) is 4.74 Å². The second-order valence-electron chi connectivity index (χ2n) is 4.36. The Morgan fingerprint density at radius 3 is 2.82 bits per heavy atom. The van der Waals surface area contributed by atoms with E-state index in [1.165, 1.54) is 7.11 Å². The average Bonchev–Trinajstić information content (AvgIpc) is 2.73. The molecule has 4 heteroatoms. The highest BCUT2D eigenvalue weighted by molar-refractivity contribution is 5.77. The number of methoxy groups -OCH3 is 1. The fourth-order valence-corrected chi connectivity index (χ4v) is 2.00. The van der Waals surface area contributed by atoms with Gasteiger partial charge in [-0.15, -0.1) is 0 Å². The molecule has 2 aromatic rings. The van der Waals surface area contributed by atoms with Gasteiger partial charge in [-0.3, -0.25) is 4.79 Å².